The molecule has 0 spiro atoms. The summed E-state index contributed by atoms with van der Waals surface area (Å²) in [6, 6.07) is 0.438. The molecule has 0 saturated heterocycles. The summed E-state index contributed by atoms with van der Waals surface area (Å²) in [5.41, 5.74) is 1.20. The molecule has 0 fully saturated rings. The summed E-state index contributed by atoms with van der Waals surface area (Å²) < 4.78 is 2.03. The molecule has 3 heteroatoms. The first-order chi connectivity index (χ1) is 8.77. The van der Waals surface area contributed by atoms with Crippen LogP contribution in [0.4, 0.5) is 0 Å². The van der Waals surface area contributed by atoms with Crippen LogP contribution >= 0.6 is 0 Å². The van der Waals surface area contributed by atoms with E-state index in [1.807, 2.05) is 17.9 Å². The lowest BCUT2D eigenvalue weighted by Gasteiger charge is -2.16. The van der Waals surface area contributed by atoms with Crippen LogP contribution in [0, 0.1) is 0 Å². The van der Waals surface area contributed by atoms with Crippen LogP contribution in [0.2, 0.25) is 0 Å². The van der Waals surface area contributed by atoms with Gasteiger partial charge in [-0.3, -0.25) is 0 Å². The molecule has 0 saturated carbocycles. The van der Waals surface area contributed by atoms with Gasteiger partial charge in [0.25, 0.3) is 0 Å². The van der Waals surface area contributed by atoms with Crippen molar-refractivity contribution < 1.29 is 0 Å². The van der Waals surface area contributed by atoms with Gasteiger partial charge in [0, 0.05) is 13.2 Å². The van der Waals surface area contributed by atoms with Crippen molar-refractivity contribution >= 4 is 0 Å². The van der Waals surface area contributed by atoms with Gasteiger partial charge in [-0.05, 0) is 19.4 Å². The Labute approximate surface area is 112 Å². The molecule has 1 unspecified atom stereocenters. The minimum Gasteiger partial charge on any atom is -0.340 e. The lowest BCUT2D eigenvalue weighted by molar-refractivity contribution is 0.461. The van der Waals surface area contributed by atoms with E-state index in [1.165, 1.54) is 50.6 Å². The Morgan fingerprint density at radius 3 is 2.56 bits per heavy atom. The molecule has 1 N–H and O–H groups in total. The number of hydrogen-bond donors (Lipinski definition) is 1. The fraction of sp³-hybridized carbons (Fsp3) is 0.800. The van der Waals surface area contributed by atoms with Crippen molar-refractivity contribution in [2.45, 2.75) is 64.8 Å². The van der Waals surface area contributed by atoms with Gasteiger partial charge >= 0.3 is 0 Å². The van der Waals surface area contributed by atoms with Crippen LogP contribution in [0.25, 0.3) is 0 Å². The second kappa shape index (κ2) is 9.15. The van der Waals surface area contributed by atoms with Gasteiger partial charge < -0.3 is 9.88 Å². The largest absolute Gasteiger partial charge is 0.340 e. The molecular formula is C15H29N3. The first kappa shape index (κ1) is 15.2. The highest BCUT2D eigenvalue weighted by Crippen LogP contribution is 2.18. The van der Waals surface area contributed by atoms with Gasteiger partial charge in [0.1, 0.15) is 0 Å². The van der Waals surface area contributed by atoms with E-state index in [9.17, 15) is 0 Å². The Balaban J connectivity index is 2.36. The van der Waals surface area contributed by atoms with Crippen LogP contribution in [0.5, 0.6) is 0 Å². The Hall–Kier alpha value is -0.830. The second-order valence-corrected chi connectivity index (χ2v) is 5.17. The maximum atomic E-state index is 4.48. The topological polar surface area (TPSA) is 29.9 Å². The normalized spacial score (nSPS) is 12.8. The quantitative estimate of drug-likeness (QED) is 0.641. The lowest BCUT2D eigenvalue weighted by atomic mass is 10.0. The van der Waals surface area contributed by atoms with Crippen LogP contribution < -0.4 is 5.32 Å². The summed E-state index contributed by atoms with van der Waals surface area (Å²) in [6.45, 7) is 5.55. The van der Waals surface area contributed by atoms with E-state index in [1.54, 1.807) is 0 Å². The zero-order valence-corrected chi connectivity index (χ0v) is 12.3. The van der Waals surface area contributed by atoms with Crippen molar-refractivity contribution in [1.82, 2.24) is 14.9 Å². The molecule has 1 aromatic rings. The Morgan fingerprint density at radius 2 is 1.94 bits per heavy atom. The first-order valence-electron chi connectivity index (χ1n) is 7.49. The second-order valence-electron chi connectivity index (χ2n) is 5.17. The summed E-state index contributed by atoms with van der Waals surface area (Å²) in [7, 11) is 2.04. The smallest absolute Gasteiger partial charge is 0.0947 e. The number of rotatable bonds is 10. The number of nitrogens with zero attached hydrogens (tertiary/aromatic N) is 2. The van der Waals surface area contributed by atoms with E-state index in [0.717, 1.165) is 6.54 Å². The van der Waals surface area contributed by atoms with Crippen LogP contribution in [-0.4, -0.2) is 16.1 Å². The number of nitrogens with one attached hydrogen (secondary N) is 1. The molecule has 1 heterocycles. The molecule has 0 aliphatic heterocycles. The van der Waals surface area contributed by atoms with Gasteiger partial charge in [-0.25, -0.2) is 4.98 Å². The summed E-state index contributed by atoms with van der Waals surface area (Å²) in [6.07, 6.45) is 13.1. The van der Waals surface area contributed by atoms with E-state index in [4.69, 9.17) is 0 Å². The monoisotopic (exact) mass is 251 g/mol. The zero-order valence-electron chi connectivity index (χ0n) is 12.3. The highest BCUT2D eigenvalue weighted by molar-refractivity contribution is 5.03. The molecule has 104 valence electrons. The molecule has 18 heavy (non-hydrogen) atoms. The van der Waals surface area contributed by atoms with E-state index < -0.39 is 0 Å². The predicted molar refractivity (Wildman–Crippen MR) is 77.6 cm³/mol. The van der Waals surface area contributed by atoms with Crippen molar-refractivity contribution in [2.75, 3.05) is 6.54 Å². The number of aryl methyl sites for hydroxylation is 1. The summed E-state index contributed by atoms with van der Waals surface area (Å²) in [4.78, 5) is 4.48. The van der Waals surface area contributed by atoms with E-state index in [-0.39, 0.29) is 0 Å². The maximum Gasteiger partial charge on any atom is 0.0947 e. The third-order valence-electron chi connectivity index (χ3n) is 3.32. The van der Waals surface area contributed by atoms with Gasteiger partial charge in [0.2, 0.25) is 0 Å². The van der Waals surface area contributed by atoms with Gasteiger partial charge in [0.15, 0.2) is 0 Å². The Morgan fingerprint density at radius 1 is 1.17 bits per heavy atom. The van der Waals surface area contributed by atoms with Crippen LogP contribution in [0.15, 0.2) is 12.5 Å². The molecule has 3 nitrogen and oxygen atoms in total. The average Bonchev–Trinajstić information content (AvgIpc) is 2.79. The molecule has 1 atom stereocenters. The summed E-state index contributed by atoms with van der Waals surface area (Å²) in [5, 5.41) is 3.61. The molecule has 0 amide bonds. The standard InChI is InChI=1S/C15H29N3/c1-4-6-7-8-9-10-14(16-11-5-2)15-12-18(3)13-17-15/h12-14,16H,4-11H2,1-3H3. The fourth-order valence-corrected chi connectivity index (χ4v) is 2.24. The van der Waals surface area contributed by atoms with E-state index in [2.05, 4.69) is 30.3 Å². The van der Waals surface area contributed by atoms with Crippen LogP contribution in [-0.2, 0) is 7.05 Å². The number of hydrogen-bond acceptors (Lipinski definition) is 2. The highest BCUT2D eigenvalue weighted by Gasteiger charge is 2.12. The van der Waals surface area contributed by atoms with Crippen molar-refractivity contribution in [3.05, 3.63) is 18.2 Å². The third-order valence-corrected chi connectivity index (χ3v) is 3.32. The lowest BCUT2D eigenvalue weighted by Crippen LogP contribution is -2.22. The van der Waals surface area contributed by atoms with E-state index >= 15 is 0 Å². The number of imidazole rings is 1. The molecule has 0 bridgehead atoms. The Kier molecular flexibility index (Phi) is 7.74. The molecular weight excluding hydrogens is 222 g/mol. The molecule has 0 aliphatic carbocycles. The van der Waals surface area contributed by atoms with Crippen molar-refractivity contribution in [3.8, 4) is 0 Å². The van der Waals surface area contributed by atoms with Crippen molar-refractivity contribution in [2.24, 2.45) is 7.05 Å². The predicted octanol–water partition coefficient (Wildman–Crippen LogP) is 3.82. The third kappa shape index (κ3) is 5.67. The van der Waals surface area contributed by atoms with Crippen LogP contribution in [0.3, 0.4) is 0 Å². The zero-order chi connectivity index (χ0) is 13.2. The first-order valence-corrected chi connectivity index (χ1v) is 7.49. The van der Waals surface area contributed by atoms with Crippen LogP contribution in [0.1, 0.15) is 70.5 Å². The molecule has 1 aromatic heterocycles. The number of unbranched alkanes of at least 4 members (excludes halogenated alkanes) is 4. The van der Waals surface area contributed by atoms with Gasteiger partial charge in [-0.15, -0.1) is 0 Å². The van der Waals surface area contributed by atoms with Crippen molar-refractivity contribution in [3.63, 3.8) is 0 Å². The van der Waals surface area contributed by atoms with Gasteiger partial charge in [-0.2, -0.15) is 0 Å². The SMILES string of the molecule is CCCCCCCC(NCCC)c1cn(C)cn1. The summed E-state index contributed by atoms with van der Waals surface area (Å²) >= 11 is 0. The molecule has 1 rings (SSSR count). The molecule has 0 aromatic carbocycles. The van der Waals surface area contributed by atoms with Gasteiger partial charge in [0.05, 0.1) is 18.1 Å². The molecule has 0 aliphatic rings. The minimum atomic E-state index is 0.438. The van der Waals surface area contributed by atoms with Crippen molar-refractivity contribution in [1.29, 1.82) is 0 Å². The Bertz CT molecular complexity index is 306. The summed E-state index contributed by atoms with van der Waals surface area (Å²) in [5.74, 6) is 0. The fourth-order valence-electron chi connectivity index (χ4n) is 2.24. The maximum absolute atomic E-state index is 4.48. The minimum absolute atomic E-state index is 0.438. The highest BCUT2D eigenvalue weighted by atomic mass is 15.0. The van der Waals surface area contributed by atoms with Gasteiger partial charge in [-0.1, -0.05) is 46.0 Å². The average molecular weight is 251 g/mol. The number of aromatic nitrogens is 2. The van der Waals surface area contributed by atoms with E-state index in [0.29, 0.717) is 6.04 Å². The molecule has 0 radical (unpaired) electrons.